The molecule has 0 aliphatic carbocycles. The first kappa shape index (κ1) is 15.1. The minimum Gasteiger partial charge on any atom is -0.454 e. The van der Waals surface area contributed by atoms with E-state index < -0.39 is 11.8 Å². The van der Waals surface area contributed by atoms with E-state index in [4.69, 9.17) is 21.1 Å². The Hall–Kier alpha value is -1.79. The van der Waals surface area contributed by atoms with Crippen LogP contribution in [0, 0.1) is 0 Å². The summed E-state index contributed by atoms with van der Waals surface area (Å²) < 4.78 is 11.3. The van der Waals surface area contributed by atoms with Crippen molar-refractivity contribution < 1.29 is 19.1 Å². The summed E-state index contributed by atoms with van der Waals surface area (Å²) in [4.78, 5) is 25.1. The van der Waals surface area contributed by atoms with E-state index in [1.54, 1.807) is 24.3 Å². The van der Waals surface area contributed by atoms with Crippen LogP contribution in [0.2, 0.25) is 0 Å². The molecular formula is C15H11BrClNO4. The summed E-state index contributed by atoms with van der Waals surface area (Å²) in [6, 6.07) is 3.54. The Labute approximate surface area is 140 Å². The molecule has 0 atom stereocenters. The lowest BCUT2D eigenvalue weighted by atomic mass is 10.1. The summed E-state index contributed by atoms with van der Waals surface area (Å²) in [7, 11) is 0. The van der Waals surface area contributed by atoms with Gasteiger partial charge in [-0.05, 0) is 30.2 Å². The van der Waals surface area contributed by atoms with E-state index >= 15 is 0 Å². The van der Waals surface area contributed by atoms with Crippen molar-refractivity contribution >= 4 is 45.4 Å². The fourth-order valence-corrected chi connectivity index (χ4v) is 2.83. The fraction of sp³-hybridized carbons (Fsp3) is 0.200. The molecule has 0 unspecified atom stereocenters. The average Bonchev–Trinajstić information content (AvgIpc) is 2.94. The molecule has 0 bridgehead atoms. The molecule has 3 rings (SSSR count). The Kier molecular flexibility index (Phi) is 4.22. The smallest absolute Gasteiger partial charge is 0.271 e. The number of fused-ring (bicyclic) bond motifs is 1. The number of benzene rings is 1. The van der Waals surface area contributed by atoms with Crippen LogP contribution in [0.5, 0.6) is 11.5 Å². The van der Waals surface area contributed by atoms with Crippen LogP contribution in [0.4, 0.5) is 0 Å². The highest BCUT2D eigenvalue weighted by Crippen LogP contribution is 2.37. The summed E-state index contributed by atoms with van der Waals surface area (Å²) in [6.07, 6.45) is 5.15. The lowest BCUT2D eigenvalue weighted by Gasteiger charge is -2.21. The van der Waals surface area contributed by atoms with Gasteiger partial charge in [0.1, 0.15) is 5.03 Å². The predicted octanol–water partition coefficient (Wildman–Crippen LogP) is 3.07. The molecule has 1 aromatic rings. The zero-order chi connectivity index (χ0) is 15.7. The largest absolute Gasteiger partial charge is 0.454 e. The highest BCUT2D eigenvalue weighted by Gasteiger charge is 2.24. The SMILES string of the molecule is O=C(/C=C/c1cc2c(cc1Br)OCO2)N1CCC=C(Cl)C1=O. The Morgan fingerprint density at radius 2 is 2.05 bits per heavy atom. The Balaban J connectivity index is 1.78. The zero-order valence-corrected chi connectivity index (χ0v) is 13.7. The van der Waals surface area contributed by atoms with E-state index in [1.807, 2.05) is 0 Å². The summed E-state index contributed by atoms with van der Waals surface area (Å²) in [5.74, 6) is 0.405. The maximum Gasteiger partial charge on any atom is 0.271 e. The Morgan fingerprint density at radius 1 is 1.32 bits per heavy atom. The molecule has 7 heteroatoms. The fourth-order valence-electron chi connectivity index (χ4n) is 2.16. The molecule has 114 valence electrons. The number of imide groups is 1. The second-order valence-electron chi connectivity index (χ2n) is 4.70. The number of halogens is 2. The standard InChI is InChI=1S/C15H11BrClNO4/c16-10-7-13-12(21-8-22-13)6-9(10)3-4-14(19)18-5-1-2-11(17)15(18)20/h2-4,6-7H,1,5,8H2/b4-3+. The average molecular weight is 385 g/mol. The van der Waals surface area contributed by atoms with Crippen molar-refractivity contribution in [3.05, 3.63) is 39.4 Å². The number of ether oxygens (including phenoxy) is 2. The van der Waals surface area contributed by atoms with Crippen LogP contribution in [0.25, 0.3) is 6.08 Å². The molecule has 0 N–H and O–H groups in total. The molecule has 2 aliphatic heterocycles. The van der Waals surface area contributed by atoms with E-state index in [9.17, 15) is 9.59 Å². The van der Waals surface area contributed by atoms with E-state index in [2.05, 4.69) is 15.9 Å². The Morgan fingerprint density at radius 3 is 2.82 bits per heavy atom. The monoisotopic (exact) mass is 383 g/mol. The third-order valence-corrected chi connectivity index (χ3v) is 4.29. The first-order chi connectivity index (χ1) is 10.6. The van der Waals surface area contributed by atoms with Crippen molar-refractivity contribution in [1.29, 1.82) is 0 Å². The van der Waals surface area contributed by atoms with Crippen LogP contribution in [0.15, 0.2) is 33.8 Å². The first-order valence-corrected chi connectivity index (χ1v) is 7.72. The minimum atomic E-state index is -0.465. The van der Waals surface area contributed by atoms with Crippen LogP contribution < -0.4 is 9.47 Å². The quantitative estimate of drug-likeness (QED) is 0.735. The molecule has 2 aliphatic rings. The van der Waals surface area contributed by atoms with Crippen LogP contribution in [0.1, 0.15) is 12.0 Å². The lowest BCUT2D eigenvalue weighted by molar-refractivity contribution is -0.139. The van der Waals surface area contributed by atoms with Crippen LogP contribution in [-0.2, 0) is 9.59 Å². The molecule has 0 radical (unpaired) electrons. The van der Waals surface area contributed by atoms with Crippen molar-refractivity contribution in [2.45, 2.75) is 6.42 Å². The summed E-state index contributed by atoms with van der Waals surface area (Å²) in [5, 5.41) is 0.0808. The van der Waals surface area contributed by atoms with Gasteiger partial charge in [0.2, 0.25) is 6.79 Å². The summed E-state index contributed by atoms with van der Waals surface area (Å²) in [5.41, 5.74) is 0.753. The van der Waals surface area contributed by atoms with E-state index in [-0.39, 0.29) is 11.8 Å². The normalized spacial score (nSPS) is 17.1. The van der Waals surface area contributed by atoms with Crippen LogP contribution in [-0.4, -0.2) is 30.1 Å². The van der Waals surface area contributed by atoms with E-state index in [1.165, 1.54) is 6.08 Å². The lowest BCUT2D eigenvalue weighted by Crippen LogP contribution is -2.38. The number of rotatable bonds is 2. The molecule has 5 nitrogen and oxygen atoms in total. The highest BCUT2D eigenvalue weighted by molar-refractivity contribution is 9.10. The number of nitrogens with zero attached hydrogens (tertiary/aromatic N) is 1. The third-order valence-electron chi connectivity index (χ3n) is 3.29. The predicted molar refractivity (Wildman–Crippen MR) is 84.6 cm³/mol. The van der Waals surface area contributed by atoms with Gasteiger partial charge in [-0.15, -0.1) is 0 Å². The van der Waals surface area contributed by atoms with Crippen molar-refractivity contribution in [3.63, 3.8) is 0 Å². The maximum absolute atomic E-state index is 12.1. The number of amides is 2. The molecule has 0 saturated carbocycles. The van der Waals surface area contributed by atoms with Gasteiger partial charge in [-0.25, -0.2) is 0 Å². The Bertz CT molecular complexity index is 714. The van der Waals surface area contributed by atoms with Crippen molar-refractivity contribution in [1.82, 2.24) is 4.90 Å². The van der Waals surface area contributed by atoms with Crippen molar-refractivity contribution in [2.24, 2.45) is 0 Å². The number of hydrogen-bond donors (Lipinski definition) is 0. The second-order valence-corrected chi connectivity index (χ2v) is 5.96. The number of hydrogen-bond acceptors (Lipinski definition) is 4. The van der Waals surface area contributed by atoms with Gasteiger partial charge in [0.25, 0.3) is 11.8 Å². The molecule has 0 aromatic heterocycles. The molecular weight excluding hydrogens is 374 g/mol. The van der Waals surface area contributed by atoms with Crippen LogP contribution in [0.3, 0.4) is 0 Å². The molecule has 0 saturated heterocycles. The van der Waals surface area contributed by atoms with Gasteiger partial charge < -0.3 is 9.47 Å². The van der Waals surface area contributed by atoms with Crippen molar-refractivity contribution in [2.75, 3.05) is 13.3 Å². The van der Waals surface area contributed by atoms with Gasteiger partial charge >= 0.3 is 0 Å². The summed E-state index contributed by atoms with van der Waals surface area (Å²) in [6.45, 7) is 0.515. The number of carbonyl (C=O) groups is 2. The topological polar surface area (TPSA) is 55.8 Å². The molecule has 2 heterocycles. The molecule has 1 aromatic carbocycles. The minimum absolute atomic E-state index is 0.0808. The first-order valence-electron chi connectivity index (χ1n) is 6.55. The molecule has 0 fully saturated rings. The van der Waals surface area contributed by atoms with Crippen molar-refractivity contribution in [3.8, 4) is 11.5 Å². The van der Waals surface area contributed by atoms with Gasteiger partial charge in [0.05, 0.1) is 0 Å². The summed E-state index contributed by atoms with van der Waals surface area (Å²) >= 11 is 9.18. The van der Waals surface area contributed by atoms with Crippen LogP contribution >= 0.6 is 27.5 Å². The highest BCUT2D eigenvalue weighted by atomic mass is 79.9. The maximum atomic E-state index is 12.1. The van der Waals surface area contributed by atoms with Gasteiger partial charge in [0.15, 0.2) is 11.5 Å². The van der Waals surface area contributed by atoms with Gasteiger partial charge in [-0.2, -0.15) is 0 Å². The van der Waals surface area contributed by atoms with Gasteiger partial charge in [-0.1, -0.05) is 33.6 Å². The van der Waals surface area contributed by atoms with Gasteiger partial charge in [-0.3, -0.25) is 14.5 Å². The molecule has 0 spiro atoms. The molecule has 2 amide bonds. The molecule has 22 heavy (non-hydrogen) atoms. The van der Waals surface area contributed by atoms with E-state index in [0.717, 1.165) is 14.9 Å². The zero-order valence-electron chi connectivity index (χ0n) is 11.3. The third kappa shape index (κ3) is 2.89. The van der Waals surface area contributed by atoms with E-state index in [0.29, 0.717) is 24.5 Å². The number of carbonyl (C=O) groups excluding carboxylic acids is 2. The van der Waals surface area contributed by atoms with Gasteiger partial charge in [0, 0.05) is 17.1 Å². The second kappa shape index (κ2) is 6.14.